The number of benzene rings is 1. The second-order valence-electron chi connectivity index (χ2n) is 5.34. The summed E-state index contributed by atoms with van der Waals surface area (Å²) in [5.41, 5.74) is 5.42. The largest absolute Gasteiger partial charge is 0.361 e. The molecule has 0 radical (unpaired) electrons. The average Bonchev–Trinajstić information content (AvgIpc) is 2.73. The summed E-state index contributed by atoms with van der Waals surface area (Å²) in [5.74, 6) is 0. The summed E-state index contributed by atoms with van der Waals surface area (Å²) in [6, 6.07) is 4.51. The molecule has 1 fully saturated rings. The fourth-order valence-corrected chi connectivity index (χ4v) is 2.98. The number of fused-ring (bicyclic) bond motifs is 1. The van der Waals surface area contributed by atoms with Crippen molar-refractivity contribution >= 4 is 10.9 Å². The van der Waals surface area contributed by atoms with Crippen molar-refractivity contribution < 1.29 is 0 Å². The van der Waals surface area contributed by atoms with Gasteiger partial charge in [0.2, 0.25) is 0 Å². The lowest BCUT2D eigenvalue weighted by Crippen LogP contribution is -2.42. The van der Waals surface area contributed by atoms with Crippen molar-refractivity contribution in [3.63, 3.8) is 0 Å². The number of aryl methyl sites for hydroxylation is 2. The van der Waals surface area contributed by atoms with Crippen LogP contribution >= 0.6 is 0 Å². The lowest BCUT2D eigenvalue weighted by Gasteiger charge is -2.27. The van der Waals surface area contributed by atoms with E-state index < -0.39 is 0 Å². The van der Waals surface area contributed by atoms with Crippen LogP contribution in [0.4, 0.5) is 0 Å². The molecule has 1 aliphatic heterocycles. The Hall–Kier alpha value is -1.32. The molecular weight excluding hydrogens is 222 g/mol. The van der Waals surface area contributed by atoms with E-state index in [1.807, 2.05) is 0 Å². The van der Waals surface area contributed by atoms with Gasteiger partial charge >= 0.3 is 0 Å². The number of aromatic nitrogens is 1. The summed E-state index contributed by atoms with van der Waals surface area (Å²) in [6.45, 7) is 9.95. The Balaban J connectivity index is 1.92. The van der Waals surface area contributed by atoms with E-state index in [9.17, 15) is 0 Å². The minimum absolute atomic E-state index is 1.06. The molecule has 2 N–H and O–H groups in total. The van der Waals surface area contributed by atoms with Crippen LogP contribution < -0.4 is 5.32 Å². The Labute approximate surface area is 108 Å². The third-order valence-corrected chi connectivity index (χ3v) is 3.81. The highest BCUT2D eigenvalue weighted by molar-refractivity contribution is 5.87. The molecule has 18 heavy (non-hydrogen) atoms. The first-order chi connectivity index (χ1) is 8.74. The maximum absolute atomic E-state index is 3.42. The summed E-state index contributed by atoms with van der Waals surface area (Å²) in [6.07, 6.45) is 2.18. The first-order valence-electron chi connectivity index (χ1n) is 6.74. The van der Waals surface area contributed by atoms with E-state index in [4.69, 9.17) is 0 Å². The Bertz CT molecular complexity index is 550. The molecule has 96 valence electrons. The van der Waals surface area contributed by atoms with E-state index in [1.165, 1.54) is 27.6 Å². The van der Waals surface area contributed by atoms with Gasteiger partial charge in [0, 0.05) is 49.8 Å². The minimum atomic E-state index is 1.06. The highest BCUT2D eigenvalue weighted by atomic mass is 15.2. The van der Waals surface area contributed by atoms with Gasteiger partial charge in [-0.15, -0.1) is 0 Å². The van der Waals surface area contributed by atoms with E-state index in [0.717, 1.165) is 32.7 Å². The summed E-state index contributed by atoms with van der Waals surface area (Å²) in [7, 11) is 0. The normalized spacial score (nSPS) is 17.4. The number of rotatable bonds is 2. The van der Waals surface area contributed by atoms with Gasteiger partial charge in [-0.3, -0.25) is 4.90 Å². The standard InChI is InChI=1S/C15H21N3/c1-11-7-12(2)15-13(9-17-14(15)8-11)10-18-5-3-16-4-6-18/h7-9,16-17H,3-6,10H2,1-2H3. The smallest absolute Gasteiger partial charge is 0.0462 e. The maximum atomic E-state index is 3.42. The highest BCUT2D eigenvalue weighted by Crippen LogP contribution is 2.25. The third-order valence-electron chi connectivity index (χ3n) is 3.81. The van der Waals surface area contributed by atoms with Crippen LogP contribution in [0.1, 0.15) is 16.7 Å². The zero-order valence-corrected chi connectivity index (χ0v) is 11.2. The zero-order valence-electron chi connectivity index (χ0n) is 11.2. The Morgan fingerprint density at radius 2 is 1.94 bits per heavy atom. The SMILES string of the molecule is Cc1cc(C)c2c(CN3CCNCC3)c[nH]c2c1. The topological polar surface area (TPSA) is 31.1 Å². The summed E-state index contributed by atoms with van der Waals surface area (Å²) >= 11 is 0. The molecule has 0 saturated carbocycles. The molecule has 2 aromatic rings. The Morgan fingerprint density at radius 1 is 1.17 bits per heavy atom. The Morgan fingerprint density at radius 3 is 2.72 bits per heavy atom. The minimum Gasteiger partial charge on any atom is -0.361 e. The lowest BCUT2D eigenvalue weighted by molar-refractivity contribution is 0.234. The van der Waals surface area contributed by atoms with Crippen LogP contribution in [0.25, 0.3) is 10.9 Å². The summed E-state index contributed by atoms with van der Waals surface area (Å²) in [4.78, 5) is 5.94. The van der Waals surface area contributed by atoms with Crippen LogP contribution in [0.2, 0.25) is 0 Å². The predicted molar refractivity (Wildman–Crippen MR) is 75.9 cm³/mol. The van der Waals surface area contributed by atoms with Gasteiger partial charge in [0.25, 0.3) is 0 Å². The molecule has 0 bridgehead atoms. The molecule has 3 heteroatoms. The van der Waals surface area contributed by atoms with Gasteiger partial charge in [0.1, 0.15) is 0 Å². The second kappa shape index (κ2) is 4.75. The number of nitrogens with one attached hydrogen (secondary N) is 2. The highest BCUT2D eigenvalue weighted by Gasteiger charge is 2.13. The van der Waals surface area contributed by atoms with Crippen molar-refractivity contribution in [3.05, 3.63) is 35.0 Å². The van der Waals surface area contributed by atoms with Crippen molar-refractivity contribution in [1.82, 2.24) is 15.2 Å². The third kappa shape index (κ3) is 2.16. The number of hydrogen-bond donors (Lipinski definition) is 2. The summed E-state index contributed by atoms with van der Waals surface area (Å²) in [5, 5.41) is 4.82. The molecule has 1 aromatic heterocycles. The number of aromatic amines is 1. The zero-order chi connectivity index (χ0) is 12.5. The van der Waals surface area contributed by atoms with Crippen LogP contribution in [0, 0.1) is 13.8 Å². The van der Waals surface area contributed by atoms with E-state index in [1.54, 1.807) is 0 Å². The fourth-order valence-electron chi connectivity index (χ4n) is 2.98. The molecule has 0 unspecified atom stereocenters. The summed E-state index contributed by atoms with van der Waals surface area (Å²) < 4.78 is 0. The number of piperazine rings is 1. The monoisotopic (exact) mass is 243 g/mol. The quantitative estimate of drug-likeness (QED) is 0.847. The van der Waals surface area contributed by atoms with Crippen molar-refractivity contribution in [3.8, 4) is 0 Å². The molecule has 0 aliphatic carbocycles. The van der Waals surface area contributed by atoms with Crippen LogP contribution in [0.5, 0.6) is 0 Å². The van der Waals surface area contributed by atoms with Gasteiger partial charge in [0.05, 0.1) is 0 Å². The van der Waals surface area contributed by atoms with Crippen molar-refractivity contribution in [2.24, 2.45) is 0 Å². The average molecular weight is 243 g/mol. The predicted octanol–water partition coefficient (Wildman–Crippen LogP) is 2.19. The van der Waals surface area contributed by atoms with E-state index in [2.05, 4.69) is 47.4 Å². The van der Waals surface area contributed by atoms with Crippen LogP contribution in [0.3, 0.4) is 0 Å². The Kier molecular flexibility index (Phi) is 3.10. The number of nitrogens with zero attached hydrogens (tertiary/aromatic N) is 1. The van der Waals surface area contributed by atoms with Gasteiger partial charge < -0.3 is 10.3 Å². The first-order valence-corrected chi connectivity index (χ1v) is 6.74. The van der Waals surface area contributed by atoms with Crippen LogP contribution in [-0.2, 0) is 6.54 Å². The van der Waals surface area contributed by atoms with E-state index in [0.29, 0.717) is 0 Å². The molecule has 1 saturated heterocycles. The van der Waals surface area contributed by atoms with Crippen LogP contribution in [0.15, 0.2) is 18.3 Å². The molecule has 1 aromatic carbocycles. The van der Waals surface area contributed by atoms with Gasteiger partial charge in [0.15, 0.2) is 0 Å². The van der Waals surface area contributed by atoms with Gasteiger partial charge in [-0.05, 0) is 36.6 Å². The molecule has 1 aliphatic rings. The molecule has 3 rings (SSSR count). The molecule has 3 nitrogen and oxygen atoms in total. The number of H-pyrrole nitrogens is 1. The molecular formula is C15H21N3. The van der Waals surface area contributed by atoms with Gasteiger partial charge in [-0.1, -0.05) is 6.07 Å². The second-order valence-corrected chi connectivity index (χ2v) is 5.34. The molecule has 0 spiro atoms. The van der Waals surface area contributed by atoms with Crippen molar-refractivity contribution in [1.29, 1.82) is 0 Å². The van der Waals surface area contributed by atoms with E-state index in [-0.39, 0.29) is 0 Å². The number of hydrogen-bond acceptors (Lipinski definition) is 2. The molecule has 0 atom stereocenters. The first kappa shape index (κ1) is 11.8. The molecule has 2 heterocycles. The van der Waals surface area contributed by atoms with Crippen LogP contribution in [-0.4, -0.2) is 36.1 Å². The van der Waals surface area contributed by atoms with E-state index >= 15 is 0 Å². The van der Waals surface area contributed by atoms with Gasteiger partial charge in [-0.25, -0.2) is 0 Å². The van der Waals surface area contributed by atoms with Gasteiger partial charge in [-0.2, -0.15) is 0 Å². The van der Waals surface area contributed by atoms with Crippen molar-refractivity contribution in [2.45, 2.75) is 20.4 Å². The van der Waals surface area contributed by atoms with Crippen molar-refractivity contribution in [2.75, 3.05) is 26.2 Å². The molecule has 0 amide bonds. The maximum Gasteiger partial charge on any atom is 0.0462 e. The lowest BCUT2D eigenvalue weighted by atomic mass is 10.0. The fraction of sp³-hybridized carbons (Fsp3) is 0.467.